The van der Waals surface area contributed by atoms with Gasteiger partial charge in [0.15, 0.2) is 5.43 Å². The smallest absolute Gasteiger partial charge is 0.208 e. The number of thiophene rings is 1. The predicted molar refractivity (Wildman–Crippen MR) is 68.9 cm³/mol. The number of carbonyl (C=O) groups excluding carboxylic acids is 1. The summed E-state index contributed by atoms with van der Waals surface area (Å²) in [6, 6.07) is 5.05. The molecule has 0 aliphatic carbocycles. The molecule has 17 heavy (non-hydrogen) atoms. The third kappa shape index (κ3) is 2.22. The summed E-state index contributed by atoms with van der Waals surface area (Å²) >= 11 is 1.35. The van der Waals surface area contributed by atoms with Crippen LogP contribution in [-0.2, 0) is 6.42 Å². The second-order valence-electron chi connectivity index (χ2n) is 3.82. The molecule has 0 spiro atoms. The summed E-state index contributed by atoms with van der Waals surface area (Å²) in [4.78, 5) is 27.8. The fraction of sp³-hybridized carbons (Fsp3) is 0.231. The molecule has 2 rings (SSSR count). The number of aryl methyl sites for hydroxylation is 2. The maximum absolute atomic E-state index is 12.1. The Morgan fingerprint density at radius 3 is 2.76 bits per heavy atom. The number of pyridine rings is 1. The van der Waals surface area contributed by atoms with E-state index in [1.165, 1.54) is 17.4 Å². The van der Waals surface area contributed by atoms with Gasteiger partial charge in [0.1, 0.15) is 0 Å². The number of hydrogen-bond acceptors (Lipinski definition) is 3. The Morgan fingerprint density at radius 2 is 2.24 bits per heavy atom. The molecule has 0 bridgehead atoms. The van der Waals surface area contributed by atoms with Crippen molar-refractivity contribution in [3.8, 4) is 0 Å². The highest BCUT2D eigenvalue weighted by Gasteiger charge is 2.17. The molecule has 0 amide bonds. The lowest BCUT2D eigenvalue weighted by Crippen LogP contribution is -2.19. The first-order valence-corrected chi connectivity index (χ1v) is 6.32. The van der Waals surface area contributed by atoms with Gasteiger partial charge in [0.2, 0.25) is 5.78 Å². The molecule has 4 heteroatoms. The highest BCUT2D eigenvalue weighted by molar-refractivity contribution is 7.12. The molecule has 0 aromatic carbocycles. The highest BCUT2D eigenvalue weighted by atomic mass is 32.1. The zero-order valence-electron chi connectivity index (χ0n) is 9.74. The maximum atomic E-state index is 12.1. The molecule has 0 unspecified atom stereocenters. The van der Waals surface area contributed by atoms with Crippen LogP contribution in [0.3, 0.4) is 0 Å². The van der Waals surface area contributed by atoms with Crippen molar-refractivity contribution < 1.29 is 4.79 Å². The van der Waals surface area contributed by atoms with Gasteiger partial charge in [0.25, 0.3) is 0 Å². The summed E-state index contributed by atoms with van der Waals surface area (Å²) in [6.45, 7) is 3.73. The largest absolute Gasteiger partial charge is 0.362 e. The van der Waals surface area contributed by atoms with Crippen molar-refractivity contribution in [1.29, 1.82) is 0 Å². The number of hydrogen-bond donors (Lipinski definition) is 1. The third-order valence-corrected chi connectivity index (χ3v) is 3.50. The summed E-state index contributed by atoms with van der Waals surface area (Å²) < 4.78 is 0. The van der Waals surface area contributed by atoms with Gasteiger partial charge in [-0.3, -0.25) is 9.59 Å². The van der Waals surface area contributed by atoms with Gasteiger partial charge in [-0.25, -0.2) is 0 Å². The van der Waals surface area contributed by atoms with Crippen molar-refractivity contribution in [3.63, 3.8) is 0 Å². The van der Waals surface area contributed by atoms with Crippen molar-refractivity contribution in [2.45, 2.75) is 20.3 Å². The van der Waals surface area contributed by atoms with E-state index in [1.807, 2.05) is 18.4 Å². The average molecular weight is 247 g/mol. The van der Waals surface area contributed by atoms with Crippen LogP contribution >= 0.6 is 11.3 Å². The van der Waals surface area contributed by atoms with E-state index in [0.29, 0.717) is 10.6 Å². The van der Waals surface area contributed by atoms with Gasteiger partial charge in [0, 0.05) is 17.5 Å². The van der Waals surface area contributed by atoms with Crippen LogP contribution in [0.25, 0.3) is 0 Å². The number of nitrogens with one attached hydrogen (secondary N) is 1. The summed E-state index contributed by atoms with van der Waals surface area (Å²) in [5.74, 6) is -0.193. The summed E-state index contributed by atoms with van der Waals surface area (Å²) in [6.07, 6.45) is 0.754. The van der Waals surface area contributed by atoms with Crippen molar-refractivity contribution in [2.75, 3.05) is 0 Å². The molecule has 88 valence electrons. The van der Waals surface area contributed by atoms with E-state index in [4.69, 9.17) is 0 Å². The molecule has 0 saturated carbocycles. The van der Waals surface area contributed by atoms with Gasteiger partial charge < -0.3 is 4.98 Å². The number of aromatic nitrogens is 1. The Balaban J connectivity index is 2.54. The van der Waals surface area contributed by atoms with Crippen LogP contribution in [0.4, 0.5) is 0 Å². The minimum Gasteiger partial charge on any atom is -0.362 e. The van der Waals surface area contributed by atoms with E-state index < -0.39 is 0 Å². The summed E-state index contributed by atoms with van der Waals surface area (Å²) in [7, 11) is 0. The van der Waals surface area contributed by atoms with Crippen LogP contribution in [0, 0.1) is 6.92 Å². The van der Waals surface area contributed by atoms with E-state index >= 15 is 0 Å². The van der Waals surface area contributed by atoms with Gasteiger partial charge in [0.05, 0.1) is 10.4 Å². The molecule has 0 saturated heterocycles. The van der Waals surface area contributed by atoms with E-state index in [-0.39, 0.29) is 16.8 Å². The van der Waals surface area contributed by atoms with E-state index in [1.54, 1.807) is 13.0 Å². The van der Waals surface area contributed by atoms with Gasteiger partial charge in [-0.05, 0) is 24.8 Å². The van der Waals surface area contributed by atoms with Crippen molar-refractivity contribution >= 4 is 17.1 Å². The lowest BCUT2D eigenvalue weighted by Gasteiger charge is -2.05. The Labute approximate surface area is 103 Å². The molecule has 0 aliphatic heterocycles. The first-order valence-electron chi connectivity index (χ1n) is 5.44. The number of ketones is 1. The molecule has 3 nitrogen and oxygen atoms in total. The predicted octanol–water partition coefficient (Wildman–Crippen LogP) is 2.54. The zero-order valence-corrected chi connectivity index (χ0v) is 10.6. The monoisotopic (exact) mass is 247 g/mol. The van der Waals surface area contributed by atoms with E-state index in [9.17, 15) is 9.59 Å². The molecule has 0 radical (unpaired) electrons. The molecule has 0 fully saturated rings. The quantitative estimate of drug-likeness (QED) is 0.847. The number of aromatic amines is 1. The van der Waals surface area contributed by atoms with Crippen LogP contribution in [0.15, 0.2) is 28.4 Å². The lowest BCUT2D eigenvalue weighted by molar-refractivity contribution is 0.104. The van der Waals surface area contributed by atoms with Crippen LogP contribution in [-0.4, -0.2) is 10.8 Å². The normalized spacial score (nSPS) is 10.5. The minimum atomic E-state index is -0.198. The average Bonchev–Trinajstić information content (AvgIpc) is 2.81. The zero-order chi connectivity index (χ0) is 12.4. The fourth-order valence-electron chi connectivity index (χ4n) is 1.76. The van der Waals surface area contributed by atoms with Gasteiger partial charge >= 0.3 is 0 Å². The van der Waals surface area contributed by atoms with E-state index in [2.05, 4.69) is 4.98 Å². The third-order valence-electron chi connectivity index (χ3n) is 2.63. The summed E-state index contributed by atoms with van der Waals surface area (Å²) in [5.41, 5.74) is 1.56. The standard InChI is InChI=1S/C13H13NO2S/c1-3-9-7-10(15)12(8(2)14-9)13(16)11-5-4-6-17-11/h4-7H,3H2,1-2H3,(H,14,15). The second-order valence-corrected chi connectivity index (χ2v) is 4.77. The van der Waals surface area contributed by atoms with Crippen LogP contribution in [0.5, 0.6) is 0 Å². The fourth-order valence-corrected chi connectivity index (χ4v) is 2.43. The Morgan fingerprint density at radius 1 is 1.47 bits per heavy atom. The molecule has 2 aromatic rings. The molecule has 2 heterocycles. The van der Waals surface area contributed by atoms with Crippen molar-refractivity contribution in [2.24, 2.45) is 0 Å². The van der Waals surface area contributed by atoms with Crippen LogP contribution in [0.1, 0.15) is 33.5 Å². The topological polar surface area (TPSA) is 49.9 Å². The number of carbonyl (C=O) groups is 1. The van der Waals surface area contributed by atoms with Gasteiger partial charge in [-0.1, -0.05) is 13.0 Å². The molecular formula is C13H13NO2S. The molecule has 0 aliphatic rings. The maximum Gasteiger partial charge on any atom is 0.208 e. The van der Waals surface area contributed by atoms with Crippen LogP contribution in [0.2, 0.25) is 0 Å². The van der Waals surface area contributed by atoms with Gasteiger partial charge in [-0.15, -0.1) is 11.3 Å². The molecule has 1 N–H and O–H groups in total. The first kappa shape index (κ1) is 11.8. The Hall–Kier alpha value is -1.68. The lowest BCUT2D eigenvalue weighted by atomic mass is 10.1. The number of rotatable bonds is 3. The summed E-state index contributed by atoms with van der Waals surface area (Å²) in [5, 5.41) is 1.83. The number of H-pyrrole nitrogens is 1. The van der Waals surface area contributed by atoms with Gasteiger partial charge in [-0.2, -0.15) is 0 Å². The Kier molecular flexibility index (Phi) is 3.24. The van der Waals surface area contributed by atoms with Crippen molar-refractivity contribution in [1.82, 2.24) is 4.98 Å². The molecule has 0 atom stereocenters. The first-order chi connectivity index (χ1) is 8.13. The SMILES string of the molecule is CCc1cc(=O)c(C(=O)c2cccs2)c(C)[nH]1. The molecular weight excluding hydrogens is 234 g/mol. The van der Waals surface area contributed by atoms with Crippen molar-refractivity contribution in [3.05, 3.63) is 55.6 Å². The highest BCUT2D eigenvalue weighted by Crippen LogP contribution is 2.14. The Bertz CT molecular complexity index is 596. The minimum absolute atomic E-state index is 0.193. The van der Waals surface area contributed by atoms with Crippen LogP contribution < -0.4 is 5.43 Å². The second kappa shape index (κ2) is 4.67. The van der Waals surface area contributed by atoms with E-state index in [0.717, 1.165) is 12.1 Å². The molecule has 2 aromatic heterocycles.